The van der Waals surface area contributed by atoms with Crippen molar-refractivity contribution in [1.82, 2.24) is 4.90 Å². The molecule has 1 heterocycles. The van der Waals surface area contributed by atoms with Crippen LogP contribution in [0.25, 0.3) is 0 Å². The monoisotopic (exact) mass is 279 g/mol. The van der Waals surface area contributed by atoms with Crippen molar-refractivity contribution < 1.29 is 24.5 Å². The van der Waals surface area contributed by atoms with E-state index in [0.29, 0.717) is 18.7 Å². The van der Waals surface area contributed by atoms with Crippen LogP contribution in [-0.2, 0) is 9.53 Å². The minimum Gasteiger partial charge on any atom is -0.507 e. The summed E-state index contributed by atoms with van der Waals surface area (Å²) >= 11 is 0. The lowest BCUT2D eigenvalue weighted by molar-refractivity contribution is -0.141. The third-order valence-electron chi connectivity index (χ3n) is 3.30. The molecule has 1 fully saturated rings. The lowest BCUT2D eigenvalue weighted by Crippen LogP contribution is -2.46. The Bertz CT molecular complexity index is 528. The quantitative estimate of drug-likeness (QED) is 0.862. The molecule has 1 aromatic rings. The summed E-state index contributed by atoms with van der Waals surface area (Å²) in [6, 6.07) is 4.99. The molecular weight excluding hydrogens is 262 g/mol. The van der Waals surface area contributed by atoms with Crippen molar-refractivity contribution in [2.45, 2.75) is 19.4 Å². The van der Waals surface area contributed by atoms with E-state index in [0.717, 1.165) is 0 Å². The van der Waals surface area contributed by atoms with Gasteiger partial charge in [-0.2, -0.15) is 0 Å². The number of benzene rings is 1. The molecule has 20 heavy (non-hydrogen) atoms. The topological polar surface area (TPSA) is 87.1 Å². The average Bonchev–Trinajstić information content (AvgIpc) is 2.41. The highest BCUT2D eigenvalue weighted by Crippen LogP contribution is 2.24. The maximum atomic E-state index is 12.4. The van der Waals surface area contributed by atoms with Gasteiger partial charge in [-0.3, -0.25) is 9.59 Å². The highest BCUT2D eigenvalue weighted by atomic mass is 16.5. The Morgan fingerprint density at radius 2 is 2.20 bits per heavy atom. The van der Waals surface area contributed by atoms with Crippen LogP contribution in [0.5, 0.6) is 5.75 Å². The molecule has 1 unspecified atom stereocenters. The standard InChI is InChI=1S/C14H17NO5/c1-9-3-2-4-11(13(9)18)14(19)15-5-6-20-10(8-15)7-12(16)17/h2-4,10,18H,5-8H2,1H3,(H,16,17). The van der Waals surface area contributed by atoms with Gasteiger partial charge in [0.05, 0.1) is 24.7 Å². The second-order valence-electron chi connectivity index (χ2n) is 4.81. The van der Waals surface area contributed by atoms with Crippen molar-refractivity contribution in [2.75, 3.05) is 19.7 Å². The lowest BCUT2D eigenvalue weighted by Gasteiger charge is -2.32. The molecular formula is C14H17NO5. The third-order valence-corrected chi connectivity index (χ3v) is 3.30. The van der Waals surface area contributed by atoms with E-state index in [1.165, 1.54) is 4.90 Å². The van der Waals surface area contributed by atoms with E-state index in [4.69, 9.17) is 9.84 Å². The fourth-order valence-corrected chi connectivity index (χ4v) is 2.22. The number of ether oxygens (including phenoxy) is 1. The van der Waals surface area contributed by atoms with Crippen LogP contribution >= 0.6 is 0 Å². The molecule has 0 aliphatic carbocycles. The van der Waals surface area contributed by atoms with Crippen LogP contribution in [0.15, 0.2) is 18.2 Å². The van der Waals surface area contributed by atoms with Gasteiger partial charge in [0.1, 0.15) is 5.75 Å². The van der Waals surface area contributed by atoms with E-state index in [1.807, 2.05) is 0 Å². The number of phenols is 1. The number of rotatable bonds is 3. The zero-order valence-electron chi connectivity index (χ0n) is 11.2. The van der Waals surface area contributed by atoms with Gasteiger partial charge >= 0.3 is 5.97 Å². The van der Waals surface area contributed by atoms with Crippen LogP contribution < -0.4 is 0 Å². The van der Waals surface area contributed by atoms with Crippen molar-refractivity contribution in [3.8, 4) is 5.75 Å². The van der Waals surface area contributed by atoms with E-state index in [9.17, 15) is 14.7 Å². The van der Waals surface area contributed by atoms with E-state index >= 15 is 0 Å². The number of carbonyl (C=O) groups is 2. The van der Waals surface area contributed by atoms with Gasteiger partial charge < -0.3 is 19.8 Å². The summed E-state index contributed by atoms with van der Waals surface area (Å²) in [5.41, 5.74) is 0.868. The molecule has 2 N–H and O–H groups in total. The molecule has 1 saturated heterocycles. The fraction of sp³-hybridized carbons (Fsp3) is 0.429. The van der Waals surface area contributed by atoms with Crippen LogP contribution in [0.3, 0.4) is 0 Å². The van der Waals surface area contributed by atoms with Gasteiger partial charge in [0, 0.05) is 13.1 Å². The minimum atomic E-state index is -0.956. The average molecular weight is 279 g/mol. The van der Waals surface area contributed by atoms with Gasteiger partial charge in [0.25, 0.3) is 5.91 Å². The third kappa shape index (κ3) is 3.08. The smallest absolute Gasteiger partial charge is 0.306 e. The number of hydrogen-bond donors (Lipinski definition) is 2. The number of carbonyl (C=O) groups excluding carboxylic acids is 1. The number of amides is 1. The first-order valence-electron chi connectivity index (χ1n) is 6.40. The Kier molecular flexibility index (Phi) is 4.24. The molecule has 0 saturated carbocycles. The molecule has 1 aliphatic rings. The maximum absolute atomic E-state index is 12.4. The van der Waals surface area contributed by atoms with Crippen LogP contribution in [0.2, 0.25) is 0 Å². The minimum absolute atomic E-state index is 0.0289. The molecule has 0 radical (unpaired) electrons. The second kappa shape index (κ2) is 5.92. The van der Waals surface area contributed by atoms with E-state index in [2.05, 4.69) is 0 Å². The van der Waals surface area contributed by atoms with Gasteiger partial charge in [0.2, 0.25) is 0 Å². The number of phenolic OH excluding ortho intramolecular Hbond substituents is 1. The summed E-state index contributed by atoms with van der Waals surface area (Å²) in [6.07, 6.45) is -0.638. The van der Waals surface area contributed by atoms with E-state index in [1.54, 1.807) is 25.1 Å². The first kappa shape index (κ1) is 14.3. The van der Waals surface area contributed by atoms with Crippen molar-refractivity contribution in [2.24, 2.45) is 0 Å². The largest absolute Gasteiger partial charge is 0.507 e. The van der Waals surface area contributed by atoms with E-state index < -0.39 is 12.1 Å². The number of morpholine rings is 1. The molecule has 108 valence electrons. The van der Waals surface area contributed by atoms with Gasteiger partial charge in [0.15, 0.2) is 0 Å². The van der Waals surface area contributed by atoms with Crippen molar-refractivity contribution in [1.29, 1.82) is 0 Å². The van der Waals surface area contributed by atoms with Crippen LogP contribution in [0.4, 0.5) is 0 Å². The molecule has 6 nitrogen and oxygen atoms in total. The number of hydrogen-bond acceptors (Lipinski definition) is 4. The Hall–Kier alpha value is -2.08. The van der Waals surface area contributed by atoms with Crippen LogP contribution in [0.1, 0.15) is 22.3 Å². The summed E-state index contributed by atoms with van der Waals surface area (Å²) in [4.78, 5) is 24.6. The number of nitrogens with zero attached hydrogens (tertiary/aromatic N) is 1. The first-order valence-corrected chi connectivity index (χ1v) is 6.40. The Labute approximate surface area is 116 Å². The van der Waals surface area contributed by atoms with Gasteiger partial charge in [-0.25, -0.2) is 0 Å². The molecule has 1 aromatic carbocycles. The van der Waals surface area contributed by atoms with Gasteiger partial charge in [-0.05, 0) is 18.6 Å². The SMILES string of the molecule is Cc1cccc(C(=O)N2CCOC(CC(=O)O)C2)c1O. The fourth-order valence-electron chi connectivity index (χ4n) is 2.22. The summed E-state index contributed by atoms with van der Waals surface area (Å²) in [7, 11) is 0. The Morgan fingerprint density at radius 1 is 1.45 bits per heavy atom. The number of aryl methyl sites for hydroxylation is 1. The summed E-state index contributed by atoms with van der Waals surface area (Å²) < 4.78 is 5.32. The maximum Gasteiger partial charge on any atom is 0.306 e. The normalized spacial score (nSPS) is 18.9. The van der Waals surface area contributed by atoms with Gasteiger partial charge in [-0.1, -0.05) is 12.1 Å². The molecule has 1 amide bonds. The number of carboxylic acid groups (broad SMARTS) is 1. The number of carboxylic acids is 1. The first-order chi connectivity index (χ1) is 9.49. The number of para-hydroxylation sites is 1. The van der Waals surface area contributed by atoms with Crippen molar-refractivity contribution >= 4 is 11.9 Å². The molecule has 1 aliphatic heterocycles. The molecule has 0 aromatic heterocycles. The number of aliphatic carboxylic acids is 1. The summed E-state index contributed by atoms with van der Waals surface area (Å²) in [5.74, 6) is -1.29. The highest BCUT2D eigenvalue weighted by Gasteiger charge is 2.27. The number of aromatic hydroxyl groups is 1. The summed E-state index contributed by atoms with van der Waals surface area (Å²) in [5, 5.41) is 18.7. The van der Waals surface area contributed by atoms with E-state index in [-0.39, 0.29) is 30.2 Å². The summed E-state index contributed by atoms with van der Waals surface area (Å²) in [6.45, 7) is 2.63. The Morgan fingerprint density at radius 3 is 2.90 bits per heavy atom. The zero-order chi connectivity index (χ0) is 14.7. The molecule has 2 rings (SSSR count). The second-order valence-corrected chi connectivity index (χ2v) is 4.81. The zero-order valence-corrected chi connectivity index (χ0v) is 11.2. The van der Waals surface area contributed by atoms with Crippen LogP contribution in [0, 0.1) is 6.92 Å². The molecule has 6 heteroatoms. The highest BCUT2D eigenvalue weighted by molar-refractivity contribution is 5.97. The predicted octanol–water partition coefficient (Wildman–Crippen LogP) is 1.02. The van der Waals surface area contributed by atoms with Crippen LogP contribution in [-0.4, -0.2) is 52.8 Å². The lowest BCUT2D eigenvalue weighted by atomic mass is 10.1. The van der Waals surface area contributed by atoms with Gasteiger partial charge in [-0.15, -0.1) is 0 Å². The molecule has 1 atom stereocenters. The Balaban J connectivity index is 2.12. The molecule has 0 bridgehead atoms. The predicted molar refractivity (Wildman–Crippen MR) is 70.7 cm³/mol. The van der Waals surface area contributed by atoms with Crippen molar-refractivity contribution in [3.05, 3.63) is 29.3 Å². The molecule has 0 spiro atoms. The van der Waals surface area contributed by atoms with Crippen molar-refractivity contribution in [3.63, 3.8) is 0 Å².